The van der Waals surface area contributed by atoms with Crippen molar-refractivity contribution in [3.8, 4) is 11.8 Å². The van der Waals surface area contributed by atoms with Crippen LogP contribution < -0.4 is 10.1 Å². The topological polar surface area (TPSA) is 85.7 Å². The molecule has 1 atom stereocenters. The Labute approximate surface area is 195 Å². The van der Waals surface area contributed by atoms with Crippen molar-refractivity contribution < 1.29 is 23.1 Å². The largest absolute Gasteiger partial charge is 0.490 e. The van der Waals surface area contributed by atoms with Crippen LogP contribution in [0.25, 0.3) is 0 Å². The Morgan fingerprint density at radius 3 is 2.62 bits per heavy atom. The maximum atomic E-state index is 15.6. The van der Waals surface area contributed by atoms with Crippen LogP contribution in [0.1, 0.15) is 36.0 Å². The summed E-state index contributed by atoms with van der Waals surface area (Å²) >= 11 is 0. The first-order valence-corrected chi connectivity index (χ1v) is 11.3. The number of nitrogens with zero attached hydrogens (tertiary/aromatic N) is 3. The summed E-state index contributed by atoms with van der Waals surface area (Å²) in [6.07, 6.45) is 1.10. The number of nitriles is 1. The lowest BCUT2D eigenvalue weighted by Gasteiger charge is -2.37. The van der Waals surface area contributed by atoms with E-state index in [9.17, 15) is 19.2 Å². The predicted molar refractivity (Wildman–Crippen MR) is 118 cm³/mol. The second-order valence-electron chi connectivity index (χ2n) is 9.04. The van der Waals surface area contributed by atoms with Crippen LogP contribution in [-0.4, -0.2) is 54.5 Å². The Hall–Kier alpha value is -3.51. The summed E-state index contributed by atoms with van der Waals surface area (Å²) in [6.45, 7) is 1.80. The van der Waals surface area contributed by atoms with Gasteiger partial charge in [-0.25, -0.2) is 13.6 Å². The Morgan fingerprint density at radius 2 is 1.85 bits per heavy atom. The minimum atomic E-state index is -1.53. The zero-order chi connectivity index (χ0) is 23.9. The summed E-state index contributed by atoms with van der Waals surface area (Å²) in [5, 5.41) is 12.0. The number of carbonyl (C=O) groups is 2. The molecule has 2 fully saturated rings. The number of amides is 3. The van der Waals surface area contributed by atoms with Crippen LogP contribution in [0.15, 0.2) is 42.5 Å². The van der Waals surface area contributed by atoms with E-state index in [1.807, 2.05) is 0 Å². The van der Waals surface area contributed by atoms with Crippen molar-refractivity contribution in [3.05, 3.63) is 65.0 Å². The van der Waals surface area contributed by atoms with Crippen LogP contribution in [-0.2, 0) is 16.0 Å². The van der Waals surface area contributed by atoms with Gasteiger partial charge in [0.1, 0.15) is 23.8 Å². The second-order valence-corrected chi connectivity index (χ2v) is 9.04. The highest BCUT2D eigenvalue weighted by Crippen LogP contribution is 2.41. The molecule has 3 aliphatic rings. The molecule has 3 amide bonds. The fourth-order valence-electron chi connectivity index (χ4n) is 5.17. The normalized spacial score (nSPS) is 23.5. The quantitative estimate of drug-likeness (QED) is 0.684. The van der Waals surface area contributed by atoms with E-state index in [0.717, 1.165) is 0 Å². The van der Waals surface area contributed by atoms with Crippen molar-refractivity contribution in [2.45, 2.75) is 30.5 Å². The third-order valence-corrected chi connectivity index (χ3v) is 7.06. The molecule has 34 heavy (non-hydrogen) atoms. The number of piperidine rings is 1. The summed E-state index contributed by atoms with van der Waals surface area (Å²) in [5.41, 5.74) is -1.57. The molecule has 1 unspecified atom stereocenters. The van der Waals surface area contributed by atoms with Crippen LogP contribution in [0.2, 0.25) is 0 Å². The van der Waals surface area contributed by atoms with Crippen molar-refractivity contribution >= 4 is 11.9 Å². The molecule has 0 aliphatic carbocycles. The first-order valence-electron chi connectivity index (χ1n) is 11.3. The highest BCUT2D eigenvalue weighted by molar-refractivity contribution is 6.08. The minimum absolute atomic E-state index is 0.0677. The molecular formula is C25H24F2N4O3. The van der Waals surface area contributed by atoms with E-state index in [4.69, 9.17) is 4.74 Å². The highest BCUT2D eigenvalue weighted by atomic mass is 19.1. The number of fused-ring (bicyclic) bond motifs is 2. The molecule has 176 valence electrons. The number of alkyl halides is 1. The number of likely N-dealkylation sites (tertiary alicyclic amines) is 1. The fourth-order valence-corrected chi connectivity index (χ4v) is 5.17. The minimum Gasteiger partial charge on any atom is -0.490 e. The molecule has 2 aromatic carbocycles. The zero-order valence-corrected chi connectivity index (χ0v) is 18.5. The predicted octanol–water partition coefficient (Wildman–Crippen LogP) is 3.19. The van der Waals surface area contributed by atoms with Crippen LogP contribution in [0, 0.1) is 17.1 Å². The Kier molecular flexibility index (Phi) is 5.48. The van der Waals surface area contributed by atoms with E-state index >= 15 is 4.39 Å². The molecule has 9 heteroatoms. The van der Waals surface area contributed by atoms with Gasteiger partial charge < -0.3 is 15.0 Å². The van der Waals surface area contributed by atoms with Crippen molar-refractivity contribution in [2.24, 2.45) is 0 Å². The summed E-state index contributed by atoms with van der Waals surface area (Å²) in [4.78, 5) is 29.0. The number of hydrogen-bond acceptors (Lipinski definition) is 5. The van der Waals surface area contributed by atoms with Gasteiger partial charge in [-0.15, -0.1) is 0 Å². The molecule has 3 heterocycles. The SMILES string of the molecule is N#Cc1ccccc1C1(F)CCN(CCCN2C(=O)NC3(COc4cc(F)ccc43)C2=O)CC1. The molecule has 0 bridgehead atoms. The zero-order valence-electron chi connectivity index (χ0n) is 18.5. The monoisotopic (exact) mass is 466 g/mol. The number of hydrogen-bond donors (Lipinski definition) is 1. The lowest BCUT2D eigenvalue weighted by atomic mass is 9.83. The van der Waals surface area contributed by atoms with Gasteiger partial charge in [0.05, 0.1) is 11.6 Å². The van der Waals surface area contributed by atoms with Gasteiger partial charge >= 0.3 is 6.03 Å². The number of carbonyl (C=O) groups excluding carboxylic acids is 2. The molecule has 0 saturated carbocycles. The van der Waals surface area contributed by atoms with Gasteiger partial charge in [-0.2, -0.15) is 5.26 Å². The molecule has 5 rings (SSSR count). The number of ether oxygens (including phenoxy) is 1. The molecule has 7 nitrogen and oxygen atoms in total. The van der Waals surface area contributed by atoms with E-state index < -0.39 is 29.0 Å². The van der Waals surface area contributed by atoms with Crippen LogP contribution in [0.3, 0.4) is 0 Å². The third kappa shape index (κ3) is 3.59. The van der Waals surface area contributed by atoms with Gasteiger partial charge in [0, 0.05) is 36.8 Å². The molecular weight excluding hydrogens is 442 g/mol. The molecule has 2 aromatic rings. The number of rotatable bonds is 5. The Bertz CT molecular complexity index is 1190. The van der Waals surface area contributed by atoms with Gasteiger partial charge in [0.15, 0.2) is 5.54 Å². The van der Waals surface area contributed by atoms with Crippen molar-refractivity contribution in [1.29, 1.82) is 5.26 Å². The maximum Gasteiger partial charge on any atom is 0.325 e. The van der Waals surface area contributed by atoms with Gasteiger partial charge in [-0.3, -0.25) is 9.69 Å². The van der Waals surface area contributed by atoms with Crippen LogP contribution in [0.5, 0.6) is 5.75 Å². The van der Waals surface area contributed by atoms with Gasteiger partial charge in [-0.05, 0) is 44.0 Å². The van der Waals surface area contributed by atoms with E-state index in [2.05, 4.69) is 16.3 Å². The molecule has 3 aliphatic heterocycles. The van der Waals surface area contributed by atoms with Gasteiger partial charge in [0.25, 0.3) is 5.91 Å². The highest BCUT2D eigenvalue weighted by Gasteiger charge is 2.57. The lowest BCUT2D eigenvalue weighted by molar-refractivity contribution is -0.132. The first-order chi connectivity index (χ1) is 16.4. The van der Waals surface area contributed by atoms with Crippen LogP contribution in [0.4, 0.5) is 13.6 Å². The summed E-state index contributed by atoms with van der Waals surface area (Å²) in [5.74, 6) is -0.617. The summed E-state index contributed by atoms with van der Waals surface area (Å²) in [7, 11) is 0. The first kappa shape index (κ1) is 22.3. The van der Waals surface area contributed by atoms with Gasteiger partial charge in [0.2, 0.25) is 0 Å². The smallest absolute Gasteiger partial charge is 0.325 e. The van der Waals surface area contributed by atoms with Gasteiger partial charge in [-0.1, -0.05) is 18.2 Å². The van der Waals surface area contributed by atoms with Crippen LogP contribution >= 0.6 is 0 Å². The Morgan fingerprint density at radius 1 is 1.09 bits per heavy atom. The molecule has 0 radical (unpaired) electrons. The molecule has 1 N–H and O–H groups in total. The van der Waals surface area contributed by atoms with Crippen molar-refractivity contribution in [1.82, 2.24) is 15.1 Å². The van der Waals surface area contributed by atoms with E-state index in [-0.39, 0.29) is 31.7 Å². The Balaban J connectivity index is 1.17. The average molecular weight is 466 g/mol. The maximum absolute atomic E-state index is 15.6. The number of halogens is 2. The van der Waals surface area contributed by atoms with Crippen molar-refractivity contribution in [3.63, 3.8) is 0 Å². The average Bonchev–Trinajstić information content (AvgIpc) is 3.32. The lowest BCUT2D eigenvalue weighted by Crippen LogP contribution is -2.45. The third-order valence-electron chi connectivity index (χ3n) is 7.06. The molecule has 1 spiro atoms. The number of nitrogens with one attached hydrogen (secondary N) is 1. The van der Waals surface area contributed by atoms with E-state index in [1.165, 1.54) is 23.1 Å². The second kappa shape index (κ2) is 8.37. The number of urea groups is 1. The van der Waals surface area contributed by atoms with E-state index in [0.29, 0.717) is 42.7 Å². The molecule has 0 aromatic heterocycles. The summed E-state index contributed by atoms with van der Waals surface area (Å²) < 4.78 is 34.6. The summed E-state index contributed by atoms with van der Waals surface area (Å²) in [6, 6.07) is 12.3. The van der Waals surface area contributed by atoms with Crippen molar-refractivity contribution in [2.75, 3.05) is 32.8 Å². The fraction of sp³-hybridized carbons (Fsp3) is 0.400. The standard InChI is InChI=1S/C25H24F2N4O3/c26-18-6-7-20-21(14-18)34-16-25(20)22(32)31(23(33)29-25)11-3-10-30-12-8-24(27,9-13-30)19-5-2-1-4-17(19)15-28/h1-2,4-7,14H,3,8-13,16H2,(H,29,33). The number of imide groups is 1. The number of benzene rings is 2. The van der Waals surface area contributed by atoms with E-state index in [1.54, 1.807) is 24.3 Å². The molecule has 2 saturated heterocycles.